The third kappa shape index (κ3) is 4.64. The third-order valence-electron chi connectivity index (χ3n) is 6.71. The molecule has 2 N–H and O–H groups in total. The average Bonchev–Trinajstić information content (AvgIpc) is 3.18. The van der Waals surface area contributed by atoms with Crippen LogP contribution in [-0.2, 0) is 16.2 Å². The van der Waals surface area contributed by atoms with Gasteiger partial charge in [0.2, 0.25) is 0 Å². The number of ether oxygens (including phenoxy) is 1. The number of aliphatic hydroxyl groups excluding tert-OH is 1. The lowest BCUT2D eigenvalue weighted by molar-refractivity contribution is -0.132. The fourth-order valence-corrected chi connectivity index (χ4v) is 4.74. The molecule has 1 saturated heterocycles. The SMILES string of the molecule is Cc1cc(/C(O)=C2/C(=O)C(=O)N(c3ccccc3C)C2c2ccc(O)cc2)ccc1OCc1ccccc1. The van der Waals surface area contributed by atoms with Crippen molar-refractivity contribution in [3.8, 4) is 11.5 Å². The van der Waals surface area contributed by atoms with Crippen molar-refractivity contribution in [1.29, 1.82) is 0 Å². The van der Waals surface area contributed by atoms with Crippen LogP contribution in [-0.4, -0.2) is 21.9 Å². The highest BCUT2D eigenvalue weighted by Crippen LogP contribution is 2.43. The molecule has 1 amide bonds. The van der Waals surface area contributed by atoms with Crippen LogP contribution in [0.3, 0.4) is 0 Å². The van der Waals surface area contributed by atoms with Gasteiger partial charge in [0, 0.05) is 11.3 Å². The molecular formula is C32H27NO5. The molecular weight excluding hydrogens is 478 g/mol. The molecule has 0 spiro atoms. The second-order valence-corrected chi connectivity index (χ2v) is 9.30. The number of carbonyl (C=O) groups excluding carboxylic acids is 2. The molecule has 1 aliphatic rings. The highest BCUT2D eigenvalue weighted by Gasteiger charge is 2.47. The topological polar surface area (TPSA) is 87.1 Å². The summed E-state index contributed by atoms with van der Waals surface area (Å²) in [6.45, 7) is 4.12. The van der Waals surface area contributed by atoms with E-state index in [4.69, 9.17) is 4.74 Å². The number of rotatable bonds is 6. The van der Waals surface area contributed by atoms with Crippen LogP contribution in [0.15, 0.2) is 103 Å². The van der Waals surface area contributed by atoms with E-state index in [9.17, 15) is 19.8 Å². The highest BCUT2D eigenvalue weighted by molar-refractivity contribution is 6.51. The minimum atomic E-state index is -0.869. The number of carbonyl (C=O) groups is 2. The minimum Gasteiger partial charge on any atom is -0.508 e. The van der Waals surface area contributed by atoms with Crippen LogP contribution in [0, 0.1) is 13.8 Å². The Bertz CT molecular complexity index is 1540. The van der Waals surface area contributed by atoms with Crippen molar-refractivity contribution in [3.05, 3.63) is 130 Å². The van der Waals surface area contributed by atoms with Gasteiger partial charge in [-0.3, -0.25) is 14.5 Å². The summed E-state index contributed by atoms with van der Waals surface area (Å²) in [4.78, 5) is 28.2. The van der Waals surface area contributed by atoms with Gasteiger partial charge in [0.1, 0.15) is 23.9 Å². The van der Waals surface area contributed by atoms with Gasteiger partial charge >= 0.3 is 0 Å². The van der Waals surface area contributed by atoms with Crippen molar-refractivity contribution in [2.24, 2.45) is 0 Å². The predicted molar refractivity (Wildman–Crippen MR) is 146 cm³/mol. The molecule has 6 heteroatoms. The summed E-state index contributed by atoms with van der Waals surface area (Å²) in [7, 11) is 0. The lowest BCUT2D eigenvalue weighted by atomic mass is 9.94. The van der Waals surface area contributed by atoms with Crippen LogP contribution < -0.4 is 9.64 Å². The maximum absolute atomic E-state index is 13.4. The lowest BCUT2D eigenvalue weighted by Gasteiger charge is -2.26. The first-order valence-electron chi connectivity index (χ1n) is 12.3. The number of hydrogen-bond donors (Lipinski definition) is 2. The van der Waals surface area contributed by atoms with Crippen LogP contribution in [0.5, 0.6) is 11.5 Å². The van der Waals surface area contributed by atoms with E-state index in [1.807, 2.05) is 56.3 Å². The molecule has 1 heterocycles. The quantitative estimate of drug-likeness (QED) is 0.185. The summed E-state index contributed by atoms with van der Waals surface area (Å²) >= 11 is 0. The van der Waals surface area contributed by atoms with Crippen molar-refractivity contribution in [1.82, 2.24) is 0 Å². The molecule has 5 rings (SSSR count). The van der Waals surface area contributed by atoms with Gasteiger partial charge < -0.3 is 14.9 Å². The second-order valence-electron chi connectivity index (χ2n) is 9.30. The van der Waals surface area contributed by atoms with Gasteiger partial charge in [-0.05, 0) is 72.5 Å². The third-order valence-corrected chi connectivity index (χ3v) is 6.71. The molecule has 1 atom stereocenters. The summed E-state index contributed by atoms with van der Waals surface area (Å²) < 4.78 is 5.96. The number of aromatic hydroxyl groups is 1. The predicted octanol–water partition coefficient (Wildman–Crippen LogP) is 6.21. The number of benzene rings is 4. The minimum absolute atomic E-state index is 0.0127. The molecule has 38 heavy (non-hydrogen) atoms. The Hall–Kier alpha value is -4.84. The van der Waals surface area contributed by atoms with Crippen LogP contribution in [0.25, 0.3) is 5.76 Å². The van der Waals surface area contributed by atoms with Crippen LogP contribution >= 0.6 is 0 Å². The fourth-order valence-electron chi connectivity index (χ4n) is 4.74. The Balaban J connectivity index is 1.57. The zero-order chi connectivity index (χ0) is 26.8. The van der Waals surface area contributed by atoms with Crippen molar-refractivity contribution >= 4 is 23.1 Å². The van der Waals surface area contributed by atoms with Crippen molar-refractivity contribution in [3.63, 3.8) is 0 Å². The van der Waals surface area contributed by atoms with Crippen LogP contribution in [0.4, 0.5) is 5.69 Å². The largest absolute Gasteiger partial charge is 0.508 e. The van der Waals surface area contributed by atoms with Crippen LogP contribution in [0.2, 0.25) is 0 Å². The second kappa shape index (κ2) is 10.3. The zero-order valence-corrected chi connectivity index (χ0v) is 21.1. The van der Waals surface area contributed by atoms with E-state index < -0.39 is 17.7 Å². The molecule has 0 radical (unpaired) electrons. The Morgan fingerprint density at radius 3 is 2.21 bits per heavy atom. The first-order valence-corrected chi connectivity index (χ1v) is 12.3. The summed E-state index contributed by atoms with van der Waals surface area (Å²) in [5.74, 6) is -1.05. The number of nitrogens with zero attached hydrogens (tertiary/aromatic N) is 1. The summed E-state index contributed by atoms with van der Waals surface area (Å²) in [5.41, 5.74) is 4.18. The number of phenols is 1. The van der Waals surface area contributed by atoms with E-state index >= 15 is 0 Å². The summed E-state index contributed by atoms with van der Waals surface area (Å²) in [5, 5.41) is 21.3. The first-order chi connectivity index (χ1) is 18.3. The molecule has 0 bridgehead atoms. The smallest absolute Gasteiger partial charge is 0.300 e. The Morgan fingerprint density at radius 1 is 0.842 bits per heavy atom. The number of Topliss-reactive ketones (excluding diaryl/α,β-unsaturated/α-hetero) is 1. The summed E-state index contributed by atoms with van der Waals surface area (Å²) in [6.07, 6.45) is 0. The lowest BCUT2D eigenvalue weighted by Crippen LogP contribution is -2.30. The number of phenolic OH excluding ortho intramolecular Hbond substituents is 1. The van der Waals surface area contributed by atoms with E-state index in [0.29, 0.717) is 29.2 Å². The number of amides is 1. The van der Waals surface area contributed by atoms with E-state index in [-0.39, 0.29) is 17.1 Å². The number of hydrogen-bond acceptors (Lipinski definition) is 5. The fraction of sp³-hybridized carbons (Fsp3) is 0.125. The molecule has 4 aromatic rings. The molecule has 4 aromatic carbocycles. The van der Waals surface area contributed by atoms with Crippen molar-refractivity contribution < 1.29 is 24.5 Å². The van der Waals surface area contributed by atoms with E-state index in [0.717, 1.165) is 16.7 Å². The van der Waals surface area contributed by atoms with Crippen molar-refractivity contribution in [2.75, 3.05) is 4.90 Å². The van der Waals surface area contributed by atoms with Crippen molar-refractivity contribution in [2.45, 2.75) is 26.5 Å². The van der Waals surface area contributed by atoms with Gasteiger partial charge in [0.15, 0.2) is 0 Å². The number of anilines is 1. The van der Waals surface area contributed by atoms with E-state index in [2.05, 4.69) is 0 Å². The molecule has 1 fully saturated rings. The molecule has 0 aromatic heterocycles. The number of para-hydroxylation sites is 1. The van der Waals surface area contributed by atoms with Gasteiger partial charge in [-0.1, -0.05) is 60.7 Å². The monoisotopic (exact) mass is 505 g/mol. The molecule has 190 valence electrons. The number of aliphatic hydroxyl groups is 1. The maximum atomic E-state index is 13.4. The van der Waals surface area contributed by atoms with Gasteiger partial charge in [0.25, 0.3) is 11.7 Å². The van der Waals surface area contributed by atoms with Gasteiger partial charge in [0.05, 0.1) is 11.6 Å². The highest BCUT2D eigenvalue weighted by atomic mass is 16.5. The van der Waals surface area contributed by atoms with E-state index in [1.54, 1.807) is 42.5 Å². The molecule has 1 unspecified atom stereocenters. The standard InChI is InChI=1S/C32H27NO5/c1-20-8-6-7-11-26(20)33-29(23-12-15-25(34)16-13-23)28(31(36)32(33)37)30(35)24-14-17-27(21(2)18-24)38-19-22-9-4-3-5-10-22/h3-18,29,34-35H,19H2,1-2H3/b30-28-. The Labute approximate surface area is 221 Å². The molecule has 1 aliphatic heterocycles. The zero-order valence-electron chi connectivity index (χ0n) is 21.1. The number of ketones is 1. The normalized spacial score (nSPS) is 16.6. The molecule has 6 nitrogen and oxygen atoms in total. The number of aryl methyl sites for hydroxylation is 2. The van der Waals surface area contributed by atoms with Gasteiger partial charge in [-0.25, -0.2) is 0 Å². The molecule has 0 aliphatic carbocycles. The van der Waals surface area contributed by atoms with Crippen LogP contribution in [0.1, 0.15) is 33.9 Å². The maximum Gasteiger partial charge on any atom is 0.300 e. The average molecular weight is 506 g/mol. The summed E-state index contributed by atoms with van der Waals surface area (Å²) in [6, 6.07) is 27.7. The Kier molecular flexibility index (Phi) is 6.71. The van der Waals surface area contributed by atoms with E-state index in [1.165, 1.54) is 17.0 Å². The Morgan fingerprint density at radius 2 is 1.53 bits per heavy atom. The van der Waals surface area contributed by atoms with Gasteiger partial charge in [-0.2, -0.15) is 0 Å². The first kappa shape index (κ1) is 24.8. The molecule has 0 saturated carbocycles. The van der Waals surface area contributed by atoms with Gasteiger partial charge in [-0.15, -0.1) is 0 Å².